The minimum atomic E-state index is 1.04. The van der Waals surface area contributed by atoms with E-state index in [1.807, 2.05) is 37.4 Å². The zero-order valence-corrected chi connectivity index (χ0v) is 6.68. The molecule has 0 amide bonds. The molecule has 0 bridgehead atoms. The van der Waals surface area contributed by atoms with Gasteiger partial charge in [-0.05, 0) is 24.9 Å². The molecule has 0 aliphatic rings. The van der Waals surface area contributed by atoms with E-state index in [4.69, 9.17) is 0 Å². The van der Waals surface area contributed by atoms with Crippen LogP contribution >= 0.6 is 12.8 Å². The molecule has 0 aliphatic carbocycles. The second-order valence-corrected chi connectivity index (χ2v) is 2.27. The van der Waals surface area contributed by atoms with Crippen molar-refractivity contribution in [3.63, 3.8) is 0 Å². The highest BCUT2D eigenvalue weighted by molar-refractivity contribution is 7.81. The lowest BCUT2D eigenvalue weighted by atomic mass is 10.3. The van der Waals surface area contributed by atoms with Crippen molar-refractivity contribution >= 4 is 18.5 Å². The summed E-state index contributed by atoms with van der Waals surface area (Å²) < 4.78 is 1.65. The highest BCUT2D eigenvalue weighted by Gasteiger charge is 1.93. The molecular formula is C7H10N2S. The van der Waals surface area contributed by atoms with Crippen LogP contribution in [0.15, 0.2) is 30.3 Å². The number of para-hydroxylation sites is 1. The molecule has 0 fully saturated rings. The van der Waals surface area contributed by atoms with Crippen molar-refractivity contribution in [1.29, 1.82) is 0 Å². The summed E-state index contributed by atoms with van der Waals surface area (Å²) in [5, 5.41) is 0. The normalized spacial score (nSPS) is 9.40. The first kappa shape index (κ1) is 7.44. The fourth-order valence-corrected chi connectivity index (χ4v) is 0.832. The van der Waals surface area contributed by atoms with Crippen LogP contribution in [0.2, 0.25) is 0 Å². The van der Waals surface area contributed by atoms with E-state index >= 15 is 0 Å². The molecule has 0 unspecified atom stereocenters. The Hall–Kier alpha value is -0.670. The molecule has 0 atom stereocenters. The van der Waals surface area contributed by atoms with Crippen LogP contribution in [0.1, 0.15) is 0 Å². The summed E-state index contributed by atoms with van der Waals surface area (Å²) >= 11 is 4.14. The summed E-state index contributed by atoms with van der Waals surface area (Å²) in [6.07, 6.45) is 0. The van der Waals surface area contributed by atoms with E-state index in [9.17, 15) is 0 Å². The van der Waals surface area contributed by atoms with E-state index < -0.39 is 0 Å². The maximum atomic E-state index is 4.14. The van der Waals surface area contributed by atoms with Crippen molar-refractivity contribution in [2.24, 2.45) is 0 Å². The van der Waals surface area contributed by atoms with Crippen molar-refractivity contribution in [3.05, 3.63) is 30.3 Å². The van der Waals surface area contributed by atoms with Gasteiger partial charge in [-0.2, -0.15) is 0 Å². The number of nitrogens with zero attached hydrogens (tertiary/aromatic N) is 1. The van der Waals surface area contributed by atoms with Crippen molar-refractivity contribution in [2.45, 2.75) is 0 Å². The summed E-state index contributed by atoms with van der Waals surface area (Å²) in [6, 6.07) is 9.86. The second-order valence-electron chi connectivity index (χ2n) is 1.87. The molecular weight excluding hydrogens is 144 g/mol. The van der Waals surface area contributed by atoms with Crippen LogP contribution < -0.4 is 9.84 Å². The van der Waals surface area contributed by atoms with Crippen molar-refractivity contribution in [3.8, 4) is 0 Å². The summed E-state index contributed by atoms with van der Waals surface area (Å²) in [6.45, 7) is 0. The topological polar surface area (TPSA) is 15.3 Å². The monoisotopic (exact) mass is 154 g/mol. The lowest BCUT2D eigenvalue weighted by Gasteiger charge is -2.14. The SMILES string of the molecule is CNN(S)c1ccccc1. The summed E-state index contributed by atoms with van der Waals surface area (Å²) in [7, 11) is 1.82. The van der Waals surface area contributed by atoms with Gasteiger partial charge in [0.05, 0.1) is 5.69 Å². The molecule has 1 aromatic carbocycles. The molecule has 10 heavy (non-hydrogen) atoms. The Kier molecular flexibility index (Phi) is 2.59. The number of anilines is 1. The zero-order valence-electron chi connectivity index (χ0n) is 5.78. The highest BCUT2D eigenvalue weighted by Crippen LogP contribution is 2.11. The predicted molar refractivity (Wildman–Crippen MR) is 47.0 cm³/mol. The number of nitrogens with one attached hydrogen (secondary N) is 1. The Morgan fingerprint density at radius 2 is 1.90 bits per heavy atom. The van der Waals surface area contributed by atoms with Gasteiger partial charge in [0.1, 0.15) is 0 Å². The Bertz CT molecular complexity index is 188. The van der Waals surface area contributed by atoms with Crippen LogP contribution in [0.4, 0.5) is 5.69 Å². The summed E-state index contributed by atoms with van der Waals surface area (Å²) in [4.78, 5) is 0. The number of rotatable bonds is 2. The number of hydrogen-bond acceptors (Lipinski definition) is 3. The number of thiol groups is 1. The third-order valence-electron chi connectivity index (χ3n) is 1.21. The molecule has 0 saturated heterocycles. The minimum Gasteiger partial charge on any atom is -0.254 e. The first-order chi connectivity index (χ1) is 4.84. The fraction of sp³-hybridized carbons (Fsp3) is 0.143. The highest BCUT2D eigenvalue weighted by atomic mass is 32.1. The summed E-state index contributed by atoms with van der Waals surface area (Å²) in [5.41, 5.74) is 3.91. The maximum Gasteiger partial charge on any atom is 0.0644 e. The molecule has 0 saturated carbocycles. The van der Waals surface area contributed by atoms with E-state index in [2.05, 4.69) is 18.2 Å². The smallest absolute Gasteiger partial charge is 0.0644 e. The molecule has 3 heteroatoms. The van der Waals surface area contributed by atoms with Gasteiger partial charge >= 0.3 is 0 Å². The molecule has 0 aliphatic heterocycles. The van der Waals surface area contributed by atoms with Crippen LogP contribution in [0, 0.1) is 0 Å². The Morgan fingerprint density at radius 1 is 1.30 bits per heavy atom. The number of hydrazine groups is 1. The lowest BCUT2D eigenvalue weighted by molar-refractivity contribution is 0.904. The molecule has 0 heterocycles. The fourth-order valence-electron chi connectivity index (χ4n) is 0.698. The molecule has 54 valence electrons. The molecule has 1 aromatic rings. The van der Waals surface area contributed by atoms with Gasteiger partial charge in [-0.3, -0.25) is 4.41 Å². The molecule has 1 N–H and O–H groups in total. The Labute approximate surface area is 66.4 Å². The van der Waals surface area contributed by atoms with E-state index in [-0.39, 0.29) is 0 Å². The van der Waals surface area contributed by atoms with Gasteiger partial charge in [0.15, 0.2) is 0 Å². The average Bonchev–Trinajstić information content (AvgIpc) is 2.05. The maximum absolute atomic E-state index is 4.14. The largest absolute Gasteiger partial charge is 0.254 e. The molecule has 2 nitrogen and oxygen atoms in total. The van der Waals surface area contributed by atoms with Crippen molar-refractivity contribution in [2.75, 3.05) is 11.5 Å². The van der Waals surface area contributed by atoms with Gasteiger partial charge in [0.2, 0.25) is 0 Å². The quantitative estimate of drug-likeness (QED) is 0.495. The van der Waals surface area contributed by atoms with Crippen LogP contribution in [-0.2, 0) is 0 Å². The van der Waals surface area contributed by atoms with Gasteiger partial charge in [-0.1, -0.05) is 18.2 Å². The van der Waals surface area contributed by atoms with E-state index in [0.717, 1.165) is 5.69 Å². The van der Waals surface area contributed by atoms with Gasteiger partial charge in [-0.15, -0.1) is 0 Å². The standard InChI is InChI=1S/C7H10N2S/c1-8-9(10)7-5-3-2-4-6-7/h2-6,8,10H,1H3. The Morgan fingerprint density at radius 3 is 2.40 bits per heavy atom. The molecule has 0 spiro atoms. The van der Waals surface area contributed by atoms with E-state index in [1.165, 1.54) is 0 Å². The number of hydrogen-bond donors (Lipinski definition) is 2. The third kappa shape index (κ3) is 1.65. The van der Waals surface area contributed by atoms with Crippen LogP contribution in [0.3, 0.4) is 0 Å². The first-order valence-corrected chi connectivity index (χ1v) is 3.46. The number of benzene rings is 1. The van der Waals surface area contributed by atoms with Crippen LogP contribution in [-0.4, -0.2) is 7.05 Å². The molecule has 0 aromatic heterocycles. The van der Waals surface area contributed by atoms with Gasteiger partial charge in [0, 0.05) is 7.05 Å². The van der Waals surface area contributed by atoms with E-state index in [0.29, 0.717) is 0 Å². The van der Waals surface area contributed by atoms with Crippen molar-refractivity contribution < 1.29 is 0 Å². The second kappa shape index (κ2) is 3.49. The zero-order chi connectivity index (χ0) is 7.40. The first-order valence-electron chi connectivity index (χ1n) is 3.06. The van der Waals surface area contributed by atoms with E-state index in [1.54, 1.807) is 4.41 Å². The Balaban J connectivity index is 2.75. The summed E-state index contributed by atoms with van der Waals surface area (Å²) in [5.74, 6) is 0. The molecule has 1 rings (SSSR count). The minimum absolute atomic E-state index is 1.04. The predicted octanol–water partition coefficient (Wildman–Crippen LogP) is 1.47. The molecule has 0 radical (unpaired) electrons. The lowest BCUT2D eigenvalue weighted by Crippen LogP contribution is -2.24. The van der Waals surface area contributed by atoms with Gasteiger partial charge in [-0.25, -0.2) is 5.43 Å². The average molecular weight is 154 g/mol. The van der Waals surface area contributed by atoms with Crippen molar-refractivity contribution in [1.82, 2.24) is 5.43 Å². The van der Waals surface area contributed by atoms with Gasteiger partial charge in [0.25, 0.3) is 0 Å². The van der Waals surface area contributed by atoms with Gasteiger partial charge < -0.3 is 0 Å². The van der Waals surface area contributed by atoms with Crippen LogP contribution in [0.5, 0.6) is 0 Å². The van der Waals surface area contributed by atoms with Crippen LogP contribution in [0.25, 0.3) is 0 Å². The third-order valence-corrected chi connectivity index (χ3v) is 1.64.